The van der Waals surface area contributed by atoms with Crippen LogP contribution in [0.15, 0.2) is 61.1 Å². The minimum atomic E-state index is -0.403. The molecule has 1 amide bonds. The Morgan fingerprint density at radius 3 is 2.32 bits per heavy atom. The number of imidazole rings is 1. The molecule has 1 fully saturated rings. The van der Waals surface area contributed by atoms with Crippen LogP contribution in [0, 0.1) is 13.8 Å². The Labute approximate surface area is 218 Å². The average Bonchev–Trinajstić information content (AvgIpc) is 3.27. The molecular formula is C29H35N7O. The van der Waals surface area contributed by atoms with Crippen molar-refractivity contribution in [3.05, 3.63) is 72.2 Å². The molecule has 0 bridgehead atoms. The Hall–Kier alpha value is -4.07. The summed E-state index contributed by atoms with van der Waals surface area (Å²) in [4.78, 5) is 29.0. The average molecular weight is 498 g/mol. The van der Waals surface area contributed by atoms with Gasteiger partial charge in [0.2, 0.25) is 5.91 Å². The maximum absolute atomic E-state index is 13.5. The number of rotatable bonds is 6. The summed E-state index contributed by atoms with van der Waals surface area (Å²) >= 11 is 0. The molecule has 2 aromatic carbocycles. The van der Waals surface area contributed by atoms with Crippen molar-refractivity contribution in [2.45, 2.75) is 26.8 Å². The molecule has 1 atom stereocenters. The van der Waals surface area contributed by atoms with Gasteiger partial charge in [-0.3, -0.25) is 14.2 Å². The fourth-order valence-corrected chi connectivity index (χ4v) is 5.16. The second-order valence-corrected chi connectivity index (χ2v) is 9.97. The van der Waals surface area contributed by atoms with Crippen molar-refractivity contribution in [2.24, 2.45) is 0 Å². The molecule has 8 nitrogen and oxygen atoms in total. The van der Waals surface area contributed by atoms with Gasteiger partial charge in [-0.15, -0.1) is 0 Å². The third-order valence-corrected chi connectivity index (χ3v) is 7.16. The highest BCUT2D eigenvalue weighted by atomic mass is 16.2. The molecule has 1 N–H and O–H groups in total. The van der Waals surface area contributed by atoms with Crippen molar-refractivity contribution >= 4 is 28.7 Å². The van der Waals surface area contributed by atoms with Gasteiger partial charge in [-0.05, 0) is 44.0 Å². The largest absolute Gasteiger partial charge is 0.378 e. The van der Waals surface area contributed by atoms with E-state index in [1.54, 1.807) is 12.4 Å². The number of para-hydroxylation sites is 1. The van der Waals surface area contributed by atoms with E-state index in [1.807, 2.05) is 36.5 Å². The SMILES string of the molecule is Cc1cccc(C)c1N1CCN(C(=O)C(C)Nc2c(-c3ccc(N(C)C)cc3)nc3cnccn23)CC1. The molecule has 37 heavy (non-hydrogen) atoms. The number of carbonyl (C=O) groups excluding carboxylic acids is 1. The predicted molar refractivity (Wildman–Crippen MR) is 151 cm³/mol. The first-order valence-corrected chi connectivity index (χ1v) is 12.8. The number of nitrogens with zero attached hydrogens (tertiary/aromatic N) is 6. The molecule has 8 heteroatoms. The number of amides is 1. The Morgan fingerprint density at radius 2 is 1.68 bits per heavy atom. The van der Waals surface area contributed by atoms with E-state index in [0.717, 1.165) is 41.5 Å². The van der Waals surface area contributed by atoms with Gasteiger partial charge in [-0.25, -0.2) is 4.98 Å². The molecule has 1 unspecified atom stereocenters. The topological polar surface area (TPSA) is 69.0 Å². The molecule has 5 rings (SSSR count). The number of nitrogens with one attached hydrogen (secondary N) is 1. The molecule has 192 valence electrons. The number of aryl methyl sites for hydroxylation is 2. The first-order valence-electron chi connectivity index (χ1n) is 12.8. The Bertz CT molecular complexity index is 1380. The normalized spacial score (nSPS) is 14.6. The van der Waals surface area contributed by atoms with Crippen LogP contribution in [0.5, 0.6) is 0 Å². The quantitative estimate of drug-likeness (QED) is 0.430. The van der Waals surface area contributed by atoms with E-state index < -0.39 is 6.04 Å². The monoisotopic (exact) mass is 497 g/mol. The maximum Gasteiger partial charge on any atom is 0.244 e. The summed E-state index contributed by atoms with van der Waals surface area (Å²) < 4.78 is 1.96. The summed E-state index contributed by atoms with van der Waals surface area (Å²) in [6.45, 7) is 9.30. The van der Waals surface area contributed by atoms with Crippen molar-refractivity contribution in [3.8, 4) is 11.3 Å². The van der Waals surface area contributed by atoms with Crippen LogP contribution in [0.4, 0.5) is 17.2 Å². The van der Waals surface area contributed by atoms with Gasteiger partial charge in [-0.2, -0.15) is 0 Å². The lowest BCUT2D eigenvalue weighted by atomic mass is 10.1. The molecule has 0 aliphatic carbocycles. The lowest BCUT2D eigenvalue weighted by Gasteiger charge is -2.38. The maximum atomic E-state index is 13.5. The molecular weight excluding hydrogens is 462 g/mol. The number of aromatic nitrogens is 3. The highest BCUT2D eigenvalue weighted by Crippen LogP contribution is 2.31. The molecule has 2 aromatic heterocycles. The van der Waals surface area contributed by atoms with Gasteiger partial charge in [0.1, 0.15) is 17.6 Å². The van der Waals surface area contributed by atoms with Crippen molar-refractivity contribution in [2.75, 3.05) is 55.4 Å². The number of carbonyl (C=O) groups is 1. The fraction of sp³-hybridized carbons (Fsp3) is 0.345. The highest BCUT2D eigenvalue weighted by molar-refractivity contribution is 5.87. The third-order valence-electron chi connectivity index (χ3n) is 7.16. The Balaban J connectivity index is 1.34. The van der Waals surface area contributed by atoms with Crippen LogP contribution in [-0.2, 0) is 4.79 Å². The first kappa shape index (κ1) is 24.6. The molecule has 1 aliphatic rings. The Kier molecular flexibility index (Phi) is 6.74. The fourth-order valence-electron chi connectivity index (χ4n) is 5.16. The van der Waals surface area contributed by atoms with E-state index in [1.165, 1.54) is 16.8 Å². The second kappa shape index (κ2) is 10.1. The summed E-state index contributed by atoms with van der Waals surface area (Å²) in [6.07, 6.45) is 5.35. The molecule has 0 saturated carbocycles. The number of hydrogen-bond acceptors (Lipinski definition) is 6. The van der Waals surface area contributed by atoms with Crippen LogP contribution < -0.4 is 15.1 Å². The van der Waals surface area contributed by atoms with E-state index >= 15 is 0 Å². The van der Waals surface area contributed by atoms with Crippen molar-refractivity contribution in [3.63, 3.8) is 0 Å². The van der Waals surface area contributed by atoms with Gasteiger partial charge in [-0.1, -0.05) is 30.3 Å². The van der Waals surface area contributed by atoms with Crippen molar-refractivity contribution in [1.82, 2.24) is 19.3 Å². The lowest BCUT2D eigenvalue weighted by molar-refractivity contribution is -0.131. The number of fused-ring (bicyclic) bond motifs is 1. The van der Waals surface area contributed by atoms with E-state index in [0.29, 0.717) is 13.1 Å². The van der Waals surface area contributed by atoms with Crippen LogP contribution >= 0.6 is 0 Å². The van der Waals surface area contributed by atoms with E-state index in [-0.39, 0.29) is 5.91 Å². The van der Waals surface area contributed by atoms with Crippen molar-refractivity contribution < 1.29 is 4.79 Å². The summed E-state index contributed by atoms with van der Waals surface area (Å²) in [5.41, 5.74) is 7.50. The minimum absolute atomic E-state index is 0.0964. The number of anilines is 3. The highest BCUT2D eigenvalue weighted by Gasteiger charge is 2.27. The number of piperazine rings is 1. The van der Waals surface area contributed by atoms with Gasteiger partial charge < -0.3 is 20.0 Å². The summed E-state index contributed by atoms with van der Waals surface area (Å²) in [5.74, 6) is 0.893. The van der Waals surface area contributed by atoms with Gasteiger partial charge >= 0.3 is 0 Å². The predicted octanol–water partition coefficient (Wildman–Crippen LogP) is 4.23. The van der Waals surface area contributed by atoms with Gasteiger partial charge in [0.05, 0.1) is 6.20 Å². The van der Waals surface area contributed by atoms with Gasteiger partial charge in [0.25, 0.3) is 0 Å². The summed E-state index contributed by atoms with van der Waals surface area (Å²) in [7, 11) is 4.04. The zero-order valence-electron chi connectivity index (χ0n) is 22.3. The van der Waals surface area contributed by atoms with E-state index in [9.17, 15) is 4.79 Å². The van der Waals surface area contributed by atoms with Crippen LogP contribution in [-0.4, -0.2) is 71.5 Å². The zero-order valence-corrected chi connectivity index (χ0v) is 22.3. The van der Waals surface area contributed by atoms with Gasteiger partial charge in [0, 0.05) is 69.6 Å². The van der Waals surface area contributed by atoms with Crippen LogP contribution in [0.1, 0.15) is 18.1 Å². The molecule has 1 saturated heterocycles. The van der Waals surface area contributed by atoms with Crippen LogP contribution in [0.2, 0.25) is 0 Å². The second-order valence-electron chi connectivity index (χ2n) is 9.97. The standard InChI is InChI=1S/C29H35N7O/c1-20-7-6-8-21(2)27(20)34-15-17-35(18-16-34)29(37)22(3)31-28-26(32-25-19-30-13-14-36(25)28)23-9-11-24(12-10-23)33(4)5/h6-14,19,22,31H,15-18H2,1-5H3. The minimum Gasteiger partial charge on any atom is -0.378 e. The molecule has 1 aliphatic heterocycles. The van der Waals surface area contributed by atoms with E-state index in [4.69, 9.17) is 4.98 Å². The van der Waals surface area contributed by atoms with Crippen LogP contribution in [0.3, 0.4) is 0 Å². The smallest absolute Gasteiger partial charge is 0.244 e. The van der Waals surface area contributed by atoms with Crippen LogP contribution in [0.25, 0.3) is 16.9 Å². The Morgan fingerprint density at radius 1 is 1.00 bits per heavy atom. The molecule has 3 heterocycles. The molecule has 0 radical (unpaired) electrons. The third kappa shape index (κ3) is 4.83. The molecule has 4 aromatic rings. The summed E-state index contributed by atoms with van der Waals surface area (Å²) in [5, 5.41) is 3.49. The first-order chi connectivity index (χ1) is 17.8. The molecule has 0 spiro atoms. The number of benzene rings is 2. The van der Waals surface area contributed by atoms with Crippen molar-refractivity contribution in [1.29, 1.82) is 0 Å². The number of hydrogen-bond donors (Lipinski definition) is 1. The van der Waals surface area contributed by atoms with E-state index in [2.05, 4.69) is 76.4 Å². The zero-order chi connectivity index (χ0) is 26.1. The lowest BCUT2D eigenvalue weighted by Crippen LogP contribution is -2.52. The van der Waals surface area contributed by atoms with Gasteiger partial charge in [0.15, 0.2) is 5.65 Å². The summed E-state index contributed by atoms with van der Waals surface area (Å²) in [6, 6.07) is 14.3.